The van der Waals surface area contributed by atoms with Crippen LogP contribution in [0.5, 0.6) is 0 Å². The van der Waals surface area contributed by atoms with Gasteiger partial charge in [-0.1, -0.05) is 0 Å². The van der Waals surface area contributed by atoms with Crippen molar-refractivity contribution in [3.8, 4) is 0 Å². The van der Waals surface area contributed by atoms with Crippen LogP contribution >= 0.6 is 0 Å². The summed E-state index contributed by atoms with van der Waals surface area (Å²) in [5, 5.41) is 11.4. The van der Waals surface area contributed by atoms with E-state index in [2.05, 4.69) is 0 Å². The third-order valence-electron chi connectivity index (χ3n) is 5.92. The zero-order valence-electron chi connectivity index (χ0n) is 17.5. The Morgan fingerprint density at radius 1 is 1.18 bits per heavy atom. The Morgan fingerprint density at radius 3 is 2.52 bits per heavy atom. The van der Waals surface area contributed by atoms with Crippen molar-refractivity contribution in [2.24, 2.45) is 5.92 Å². The largest absolute Gasteiger partial charge is 0.467 e. The van der Waals surface area contributed by atoms with E-state index in [0.717, 1.165) is 12.1 Å². The number of nitro benzene ring substituents is 1. The highest BCUT2D eigenvalue weighted by Crippen LogP contribution is 2.37. The standard InChI is InChI=1S/C21H21F3N4O5/c22-21(23,24)15-3-4-17(18(11-15)28(31)32)25-5-7-26(8-6-25)20(30)14-10-19(29)27(12-14)13-16-2-1-9-33-16/h1-4,9,11,14H,5-8,10,12-13H2. The lowest BCUT2D eigenvalue weighted by atomic mass is 10.1. The number of carbonyl (C=O) groups is 2. The number of amides is 2. The average Bonchev–Trinajstić information content (AvgIpc) is 3.42. The van der Waals surface area contributed by atoms with Gasteiger partial charge in [0.05, 0.1) is 29.2 Å². The fraction of sp³-hybridized carbons (Fsp3) is 0.429. The Bertz CT molecular complexity index is 1050. The first-order valence-corrected chi connectivity index (χ1v) is 10.3. The van der Waals surface area contributed by atoms with Gasteiger partial charge in [-0.2, -0.15) is 13.2 Å². The lowest BCUT2D eigenvalue weighted by molar-refractivity contribution is -0.384. The molecule has 0 aliphatic carbocycles. The predicted octanol–water partition coefficient (Wildman–Crippen LogP) is 2.90. The highest BCUT2D eigenvalue weighted by atomic mass is 19.4. The summed E-state index contributed by atoms with van der Waals surface area (Å²) in [6.07, 6.45) is -3.07. The van der Waals surface area contributed by atoms with Gasteiger partial charge in [0.15, 0.2) is 0 Å². The van der Waals surface area contributed by atoms with Gasteiger partial charge in [0, 0.05) is 45.2 Å². The average molecular weight is 466 g/mol. The Morgan fingerprint density at radius 2 is 1.91 bits per heavy atom. The topological polar surface area (TPSA) is 100 Å². The van der Waals surface area contributed by atoms with E-state index in [1.54, 1.807) is 26.8 Å². The summed E-state index contributed by atoms with van der Waals surface area (Å²) in [4.78, 5) is 40.5. The minimum Gasteiger partial charge on any atom is -0.467 e. The molecule has 2 amide bonds. The molecule has 1 aromatic heterocycles. The first kappa shape index (κ1) is 22.6. The third kappa shape index (κ3) is 4.78. The maximum atomic E-state index is 12.9. The maximum absolute atomic E-state index is 12.9. The number of halogens is 3. The smallest absolute Gasteiger partial charge is 0.416 e. The molecule has 176 valence electrons. The lowest BCUT2D eigenvalue weighted by Gasteiger charge is -2.36. The van der Waals surface area contributed by atoms with Crippen molar-refractivity contribution in [3.05, 3.63) is 58.0 Å². The van der Waals surface area contributed by atoms with Crippen molar-refractivity contribution in [2.45, 2.75) is 19.1 Å². The van der Waals surface area contributed by atoms with E-state index >= 15 is 0 Å². The van der Waals surface area contributed by atoms with Crippen LogP contribution in [-0.2, 0) is 22.3 Å². The monoisotopic (exact) mass is 466 g/mol. The summed E-state index contributed by atoms with van der Waals surface area (Å²) >= 11 is 0. The van der Waals surface area contributed by atoms with Gasteiger partial charge in [0.25, 0.3) is 5.69 Å². The number of nitrogens with zero attached hydrogens (tertiary/aromatic N) is 4. The third-order valence-corrected chi connectivity index (χ3v) is 5.92. The van der Waals surface area contributed by atoms with Crippen molar-refractivity contribution in [3.63, 3.8) is 0 Å². The second-order valence-electron chi connectivity index (χ2n) is 8.03. The molecule has 2 saturated heterocycles. The molecule has 1 aromatic carbocycles. The van der Waals surface area contributed by atoms with Gasteiger partial charge in [0.1, 0.15) is 11.4 Å². The molecule has 0 radical (unpaired) electrons. The van der Waals surface area contributed by atoms with E-state index in [-0.39, 0.29) is 56.6 Å². The van der Waals surface area contributed by atoms with Crippen LogP contribution in [0.1, 0.15) is 17.7 Å². The van der Waals surface area contributed by atoms with Gasteiger partial charge in [-0.3, -0.25) is 19.7 Å². The van der Waals surface area contributed by atoms with Gasteiger partial charge in [0.2, 0.25) is 11.8 Å². The van der Waals surface area contributed by atoms with Crippen molar-refractivity contribution in [2.75, 3.05) is 37.6 Å². The number of alkyl halides is 3. The first-order valence-electron chi connectivity index (χ1n) is 10.3. The van der Waals surface area contributed by atoms with Gasteiger partial charge >= 0.3 is 6.18 Å². The Hall–Kier alpha value is -3.57. The van der Waals surface area contributed by atoms with Gasteiger partial charge in [-0.05, 0) is 24.3 Å². The molecular weight excluding hydrogens is 445 g/mol. The van der Waals surface area contributed by atoms with Crippen molar-refractivity contribution in [1.82, 2.24) is 9.80 Å². The van der Waals surface area contributed by atoms with Crippen LogP contribution in [-0.4, -0.2) is 59.3 Å². The van der Waals surface area contributed by atoms with Crippen LogP contribution in [0.3, 0.4) is 0 Å². The summed E-state index contributed by atoms with van der Waals surface area (Å²) in [6, 6.07) is 5.92. The Balaban J connectivity index is 1.38. The van der Waals surface area contributed by atoms with Crippen LogP contribution in [0, 0.1) is 16.0 Å². The summed E-state index contributed by atoms with van der Waals surface area (Å²) in [7, 11) is 0. The minimum atomic E-state index is -4.68. The van der Waals surface area contributed by atoms with Crippen LogP contribution in [0.4, 0.5) is 24.5 Å². The molecule has 2 aliphatic heterocycles. The van der Waals surface area contributed by atoms with Crippen molar-refractivity contribution in [1.29, 1.82) is 0 Å². The zero-order valence-corrected chi connectivity index (χ0v) is 17.5. The van der Waals surface area contributed by atoms with Crippen LogP contribution in [0.2, 0.25) is 0 Å². The number of hydrogen-bond acceptors (Lipinski definition) is 6. The Kier molecular flexibility index (Phi) is 6.00. The van der Waals surface area contributed by atoms with E-state index < -0.39 is 28.3 Å². The lowest BCUT2D eigenvalue weighted by Crippen LogP contribution is -2.50. The molecule has 1 unspecified atom stereocenters. The number of benzene rings is 1. The van der Waals surface area contributed by atoms with E-state index in [9.17, 15) is 32.9 Å². The molecule has 1 atom stereocenters. The summed E-state index contributed by atoms with van der Waals surface area (Å²) in [5.74, 6) is -0.168. The molecule has 33 heavy (non-hydrogen) atoms. The summed E-state index contributed by atoms with van der Waals surface area (Å²) in [6.45, 7) is 1.53. The second kappa shape index (κ2) is 8.75. The van der Waals surface area contributed by atoms with Gasteiger partial charge in [-0.25, -0.2) is 0 Å². The first-order chi connectivity index (χ1) is 15.6. The maximum Gasteiger partial charge on any atom is 0.416 e. The number of furan rings is 1. The highest BCUT2D eigenvalue weighted by molar-refractivity contribution is 5.89. The van der Waals surface area contributed by atoms with Crippen molar-refractivity contribution < 1.29 is 32.1 Å². The van der Waals surface area contributed by atoms with E-state index in [4.69, 9.17) is 4.42 Å². The molecule has 3 heterocycles. The molecule has 2 fully saturated rings. The number of nitro groups is 1. The molecule has 0 spiro atoms. The second-order valence-corrected chi connectivity index (χ2v) is 8.03. The fourth-order valence-corrected chi connectivity index (χ4v) is 4.22. The van der Waals surface area contributed by atoms with Crippen LogP contribution < -0.4 is 4.90 Å². The molecule has 2 aromatic rings. The zero-order chi connectivity index (χ0) is 23.8. The summed E-state index contributed by atoms with van der Waals surface area (Å²) in [5.41, 5.74) is -1.63. The normalized spacial score (nSPS) is 19.3. The van der Waals surface area contributed by atoms with E-state index in [1.165, 1.54) is 6.26 Å². The van der Waals surface area contributed by atoms with Crippen LogP contribution in [0.25, 0.3) is 0 Å². The Labute approximate surface area is 186 Å². The van der Waals surface area contributed by atoms with E-state index in [1.807, 2.05) is 0 Å². The molecule has 12 heteroatoms. The number of piperazine rings is 1. The number of likely N-dealkylation sites (tertiary alicyclic amines) is 1. The number of carbonyl (C=O) groups excluding carboxylic acids is 2. The molecule has 9 nitrogen and oxygen atoms in total. The number of anilines is 1. The van der Waals surface area contributed by atoms with Gasteiger partial charge < -0.3 is 19.1 Å². The molecular formula is C21H21F3N4O5. The quantitative estimate of drug-likeness (QED) is 0.496. The SMILES string of the molecule is O=C1CC(C(=O)N2CCN(c3ccc(C(F)(F)F)cc3[N+](=O)[O-])CC2)CN1Cc1ccco1. The minimum absolute atomic E-state index is 0.0840. The molecule has 0 saturated carbocycles. The van der Waals surface area contributed by atoms with Crippen LogP contribution in [0.15, 0.2) is 41.0 Å². The van der Waals surface area contributed by atoms with E-state index in [0.29, 0.717) is 18.4 Å². The molecule has 2 aliphatic rings. The number of rotatable bonds is 5. The molecule has 0 bridgehead atoms. The predicted molar refractivity (Wildman–Crippen MR) is 109 cm³/mol. The highest BCUT2D eigenvalue weighted by Gasteiger charge is 2.38. The summed E-state index contributed by atoms with van der Waals surface area (Å²) < 4.78 is 44.1. The molecule has 0 N–H and O–H groups in total. The van der Waals surface area contributed by atoms with Gasteiger partial charge in [-0.15, -0.1) is 0 Å². The fourth-order valence-electron chi connectivity index (χ4n) is 4.22. The van der Waals surface area contributed by atoms with Crippen molar-refractivity contribution >= 4 is 23.2 Å². The number of hydrogen-bond donors (Lipinski definition) is 0. The molecule has 4 rings (SSSR count).